The zero-order valence-corrected chi connectivity index (χ0v) is 17.4. The smallest absolute Gasteiger partial charge is 0.257 e. The van der Waals surface area contributed by atoms with Crippen LogP contribution in [0.25, 0.3) is 5.69 Å². The Morgan fingerprint density at radius 1 is 0.871 bits per heavy atom. The van der Waals surface area contributed by atoms with Crippen LogP contribution in [0.3, 0.4) is 0 Å². The van der Waals surface area contributed by atoms with Gasteiger partial charge in [0, 0.05) is 26.2 Å². The molecule has 1 aliphatic heterocycles. The molecule has 3 aromatic rings. The second-order valence-corrected chi connectivity index (χ2v) is 7.65. The summed E-state index contributed by atoms with van der Waals surface area (Å²) in [4.78, 5) is 29.0. The van der Waals surface area contributed by atoms with Gasteiger partial charge in [0.25, 0.3) is 11.8 Å². The van der Waals surface area contributed by atoms with E-state index in [1.54, 1.807) is 33.5 Å². The third kappa shape index (κ3) is 4.16. The van der Waals surface area contributed by atoms with E-state index in [9.17, 15) is 18.4 Å². The molecule has 0 spiro atoms. The van der Waals surface area contributed by atoms with Gasteiger partial charge in [-0.1, -0.05) is 11.6 Å². The van der Waals surface area contributed by atoms with E-state index in [1.807, 2.05) is 0 Å². The summed E-state index contributed by atoms with van der Waals surface area (Å²) in [5.74, 6) is -1.33. The molecular weight excluding hydrogens is 426 g/mol. The molecule has 0 aliphatic carbocycles. The summed E-state index contributed by atoms with van der Waals surface area (Å²) in [6.07, 6.45) is 1.50. The Bertz CT molecular complexity index is 1140. The monoisotopic (exact) mass is 444 g/mol. The average molecular weight is 445 g/mol. The lowest BCUT2D eigenvalue weighted by Crippen LogP contribution is -2.50. The molecule has 2 amide bonds. The summed E-state index contributed by atoms with van der Waals surface area (Å²) >= 11 is 6.00. The fourth-order valence-electron chi connectivity index (χ4n) is 3.58. The number of hydrogen-bond acceptors (Lipinski definition) is 3. The van der Waals surface area contributed by atoms with Crippen LogP contribution >= 0.6 is 11.6 Å². The van der Waals surface area contributed by atoms with Crippen LogP contribution in [0.4, 0.5) is 8.78 Å². The van der Waals surface area contributed by atoms with Crippen molar-refractivity contribution in [1.82, 2.24) is 19.6 Å². The molecule has 4 rings (SSSR count). The Labute approximate surface area is 182 Å². The first-order valence-electron chi connectivity index (χ1n) is 9.69. The van der Waals surface area contributed by atoms with Gasteiger partial charge >= 0.3 is 0 Å². The molecule has 0 N–H and O–H groups in total. The molecule has 160 valence electrons. The van der Waals surface area contributed by atoms with Gasteiger partial charge in [-0.25, -0.2) is 13.5 Å². The second-order valence-electron chi connectivity index (χ2n) is 7.24. The fourth-order valence-corrected chi connectivity index (χ4v) is 3.83. The van der Waals surface area contributed by atoms with E-state index >= 15 is 0 Å². The topological polar surface area (TPSA) is 58.4 Å². The minimum Gasteiger partial charge on any atom is -0.335 e. The van der Waals surface area contributed by atoms with Crippen LogP contribution in [-0.2, 0) is 0 Å². The van der Waals surface area contributed by atoms with Crippen LogP contribution in [0.2, 0.25) is 5.02 Å². The van der Waals surface area contributed by atoms with Gasteiger partial charge in [-0.05, 0) is 49.4 Å². The van der Waals surface area contributed by atoms with Crippen LogP contribution in [0.5, 0.6) is 0 Å². The number of benzene rings is 2. The van der Waals surface area contributed by atoms with Crippen molar-refractivity contribution in [3.8, 4) is 5.69 Å². The Morgan fingerprint density at radius 3 is 2.00 bits per heavy atom. The Morgan fingerprint density at radius 2 is 1.42 bits per heavy atom. The average Bonchev–Trinajstić information content (AvgIpc) is 3.15. The number of carbonyl (C=O) groups is 2. The fraction of sp³-hybridized carbons (Fsp3) is 0.227. The molecule has 0 radical (unpaired) electrons. The van der Waals surface area contributed by atoms with Crippen LogP contribution in [-0.4, -0.2) is 57.6 Å². The SMILES string of the molecule is Cc1c(C(=O)N2CCN(C(=O)c3ccc(F)cc3Cl)CC2)cnn1-c1ccc(F)cc1. The van der Waals surface area contributed by atoms with Gasteiger partial charge in [0.1, 0.15) is 11.6 Å². The van der Waals surface area contributed by atoms with Gasteiger partial charge in [-0.2, -0.15) is 5.10 Å². The highest BCUT2D eigenvalue weighted by atomic mass is 35.5. The van der Waals surface area contributed by atoms with Crippen molar-refractivity contribution in [3.63, 3.8) is 0 Å². The highest BCUT2D eigenvalue weighted by molar-refractivity contribution is 6.33. The molecular formula is C22H19ClF2N4O2. The van der Waals surface area contributed by atoms with E-state index in [-0.39, 0.29) is 28.2 Å². The lowest BCUT2D eigenvalue weighted by Gasteiger charge is -2.35. The second kappa shape index (κ2) is 8.47. The maximum absolute atomic E-state index is 13.2. The number of rotatable bonds is 3. The molecule has 2 heterocycles. The largest absolute Gasteiger partial charge is 0.335 e. The van der Waals surface area contributed by atoms with Crippen LogP contribution in [0.15, 0.2) is 48.7 Å². The third-order valence-electron chi connectivity index (χ3n) is 5.33. The Kier molecular flexibility index (Phi) is 5.73. The first-order chi connectivity index (χ1) is 14.8. The minimum atomic E-state index is -0.506. The number of piperazine rings is 1. The molecule has 2 aromatic carbocycles. The zero-order valence-electron chi connectivity index (χ0n) is 16.7. The predicted molar refractivity (Wildman–Crippen MR) is 111 cm³/mol. The van der Waals surface area contributed by atoms with E-state index in [0.717, 1.165) is 6.07 Å². The summed E-state index contributed by atoms with van der Waals surface area (Å²) < 4.78 is 28.0. The first kappa shape index (κ1) is 21.0. The molecule has 1 saturated heterocycles. The molecule has 0 atom stereocenters. The Hall–Kier alpha value is -3.26. The summed E-state index contributed by atoms with van der Waals surface area (Å²) in [6.45, 7) is 3.15. The molecule has 6 nitrogen and oxygen atoms in total. The molecule has 1 aliphatic rings. The van der Waals surface area contributed by atoms with Crippen LogP contribution in [0, 0.1) is 18.6 Å². The number of amides is 2. The summed E-state index contributed by atoms with van der Waals surface area (Å²) in [5.41, 5.74) is 1.99. The van der Waals surface area contributed by atoms with Crippen LogP contribution in [0.1, 0.15) is 26.4 Å². The maximum atomic E-state index is 13.2. The van der Waals surface area contributed by atoms with Crippen molar-refractivity contribution in [2.45, 2.75) is 6.92 Å². The molecule has 31 heavy (non-hydrogen) atoms. The van der Waals surface area contributed by atoms with Crippen molar-refractivity contribution < 1.29 is 18.4 Å². The normalized spacial score (nSPS) is 14.1. The van der Waals surface area contributed by atoms with Gasteiger partial charge in [0.2, 0.25) is 0 Å². The Balaban J connectivity index is 1.44. The van der Waals surface area contributed by atoms with Crippen molar-refractivity contribution in [2.75, 3.05) is 26.2 Å². The molecule has 0 unspecified atom stereocenters. The summed E-state index contributed by atoms with van der Waals surface area (Å²) in [5, 5.41) is 4.33. The summed E-state index contributed by atoms with van der Waals surface area (Å²) in [6, 6.07) is 9.52. The highest BCUT2D eigenvalue weighted by Gasteiger charge is 2.28. The van der Waals surface area contributed by atoms with Crippen LogP contribution < -0.4 is 0 Å². The minimum absolute atomic E-state index is 0.0624. The number of nitrogens with zero attached hydrogens (tertiary/aromatic N) is 4. The third-order valence-corrected chi connectivity index (χ3v) is 5.64. The highest BCUT2D eigenvalue weighted by Crippen LogP contribution is 2.21. The standard InChI is InChI=1S/C22H19ClF2N4O2/c1-14-19(13-26-29(14)17-5-2-15(24)3-6-17)22(31)28-10-8-27(9-11-28)21(30)18-7-4-16(25)12-20(18)23/h2-7,12-13H,8-11H2,1H3. The van der Waals surface area contributed by atoms with Crippen molar-refractivity contribution in [1.29, 1.82) is 0 Å². The first-order valence-corrected chi connectivity index (χ1v) is 10.1. The van der Waals surface area contributed by atoms with Gasteiger partial charge < -0.3 is 9.80 Å². The summed E-state index contributed by atoms with van der Waals surface area (Å²) in [7, 11) is 0. The van der Waals surface area contributed by atoms with E-state index in [1.165, 1.54) is 30.5 Å². The van der Waals surface area contributed by atoms with E-state index in [4.69, 9.17) is 11.6 Å². The van der Waals surface area contributed by atoms with E-state index < -0.39 is 5.82 Å². The quantitative estimate of drug-likeness (QED) is 0.618. The number of aromatic nitrogens is 2. The lowest BCUT2D eigenvalue weighted by molar-refractivity contribution is 0.0535. The van der Waals surface area contributed by atoms with Crippen molar-refractivity contribution in [3.05, 3.63) is 82.1 Å². The molecule has 1 aromatic heterocycles. The van der Waals surface area contributed by atoms with E-state index in [0.29, 0.717) is 43.1 Å². The maximum Gasteiger partial charge on any atom is 0.257 e. The predicted octanol–water partition coefficient (Wildman–Crippen LogP) is 3.71. The molecule has 0 bridgehead atoms. The van der Waals surface area contributed by atoms with Crippen molar-refractivity contribution >= 4 is 23.4 Å². The lowest BCUT2D eigenvalue weighted by atomic mass is 10.1. The van der Waals surface area contributed by atoms with Gasteiger partial charge in [0.05, 0.1) is 33.7 Å². The number of hydrogen-bond donors (Lipinski definition) is 0. The molecule has 0 saturated carbocycles. The van der Waals surface area contributed by atoms with Gasteiger partial charge in [0.15, 0.2) is 0 Å². The van der Waals surface area contributed by atoms with Gasteiger partial charge in [-0.3, -0.25) is 9.59 Å². The number of carbonyl (C=O) groups excluding carboxylic acids is 2. The molecule has 1 fully saturated rings. The zero-order chi connectivity index (χ0) is 22.1. The van der Waals surface area contributed by atoms with E-state index in [2.05, 4.69) is 5.10 Å². The number of halogens is 3. The molecule has 9 heteroatoms. The van der Waals surface area contributed by atoms with Gasteiger partial charge in [-0.15, -0.1) is 0 Å². The van der Waals surface area contributed by atoms with Crippen molar-refractivity contribution in [2.24, 2.45) is 0 Å².